The first-order chi connectivity index (χ1) is 8.27. The zero-order chi connectivity index (χ0) is 13.9. The molecule has 0 aliphatic heterocycles. The van der Waals surface area contributed by atoms with Crippen LogP contribution in [0.25, 0.3) is 0 Å². The number of nitrogen functional groups attached to an aromatic ring is 1. The van der Waals surface area contributed by atoms with E-state index in [-0.39, 0.29) is 17.1 Å². The van der Waals surface area contributed by atoms with Gasteiger partial charge in [0, 0.05) is 13.6 Å². The number of nitrogens with zero attached hydrogens (tertiary/aromatic N) is 1. The van der Waals surface area contributed by atoms with Gasteiger partial charge >= 0.3 is 0 Å². The number of nitrogens with two attached hydrogens (primary N) is 1. The summed E-state index contributed by atoms with van der Waals surface area (Å²) in [5.74, 6) is 0.552. The van der Waals surface area contributed by atoms with Crippen LogP contribution in [-0.2, 0) is 0 Å². The summed E-state index contributed by atoms with van der Waals surface area (Å²) in [5, 5.41) is 6.58. The zero-order valence-corrected chi connectivity index (χ0v) is 12.4. The van der Waals surface area contributed by atoms with Gasteiger partial charge in [0.1, 0.15) is 10.6 Å². The van der Waals surface area contributed by atoms with Crippen molar-refractivity contribution in [2.45, 2.75) is 27.7 Å². The molecule has 1 aromatic rings. The SMILES string of the molecule is CNC(=O)c1c(N)nsc1NCC(C)C(C)(C)C. The predicted octanol–water partition coefficient (Wildman–Crippen LogP) is 2.18. The summed E-state index contributed by atoms with van der Waals surface area (Å²) < 4.78 is 4.02. The number of rotatable bonds is 4. The van der Waals surface area contributed by atoms with Crippen molar-refractivity contribution >= 4 is 28.3 Å². The second kappa shape index (κ2) is 5.56. The summed E-state index contributed by atoms with van der Waals surface area (Å²) in [4.78, 5) is 11.7. The van der Waals surface area contributed by atoms with Crippen molar-refractivity contribution in [2.24, 2.45) is 11.3 Å². The van der Waals surface area contributed by atoms with Crippen LogP contribution in [0.3, 0.4) is 0 Å². The van der Waals surface area contributed by atoms with Crippen molar-refractivity contribution in [3.8, 4) is 0 Å². The molecule has 18 heavy (non-hydrogen) atoms. The standard InChI is InChI=1S/C12H22N4OS/c1-7(12(2,3)4)6-15-11-8(10(17)14-5)9(13)16-18-11/h7,15H,6H2,1-5H3,(H2,13,16)(H,14,17). The first-order valence-corrected chi connectivity index (χ1v) is 6.75. The van der Waals surface area contributed by atoms with Crippen LogP contribution in [0.4, 0.5) is 10.8 Å². The first kappa shape index (κ1) is 14.8. The van der Waals surface area contributed by atoms with Crippen LogP contribution in [0, 0.1) is 11.3 Å². The van der Waals surface area contributed by atoms with Gasteiger partial charge in [-0.3, -0.25) is 4.79 Å². The van der Waals surface area contributed by atoms with Crippen molar-refractivity contribution in [3.63, 3.8) is 0 Å². The Bertz CT molecular complexity index is 422. The van der Waals surface area contributed by atoms with Crippen LogP contribution in [-0.4, -0.2) is 23.9 Å². The smallest absolute Gasteiger partial charge is 0.257 e. The third-order valence-corrected chi connectivity index (χ3v) is 4.04. The number of nitrogens with one attached hydrogen (secondary N) is 2. The quantitative estimate of drug-likeness (QED) is 0.783. The fourth-order valence-corrected chi connectivity index (χ4v) is 2.04. The minimum Gasteiger partial charge on any atom is -0.382 e. The highest BCUT2D eigenvalue weighted by atomic mass is 32.1. The van der Waals surface area contributed by atoms with E-state index in [0.29, 0.717) is 11.5 Å². The molecule has 1 aromatic heterocycles. The van der Waals surface area contributed by atoms with Crippen LogP contribution in [0.1, 0.15) is 38.1 Å². The third kappa shape index (κ3) is 3.35. The van der Waals surface area contributed by atoms with Gasteiger partial charge < -0.3 is 16.4 Å². The Morgan fingerprint density at radius 3 is 2.61 bits per heavy atom. The summed E-state index contributed by atoms with van der Waals surface area (Å²) in [5.41, 5.74) is 6.37. The summed E-state index contributed by atoms with van der Waals surface area (Å²) in [6, 6.07) is 0. The molecule has 1 atom stereocenters. The number of carbonyl (C=O) groups is 1. The largest absolute Gasteiger partial charge is 0.382 e. The molecule has 0 radical (unpaired) electrons. The van der Waals surface area contributed by atoms with Crippen molar-refractivity contribution in [2.75, 3.05) is 24.6 Å². The Kier molecular flexibility index (Phi) is 4.56. The number of aromatic nitrogens is 1. The van der Waals surface area contributed by atoms with Gasteiger partial charge in [-0.25, -0.2) is 0 Å². The van der Waals surface area contributed by atoms with Crippen LogP contribution in [0.5, 0.6) is 0 Å². The maximum absolute atomic E-state index is 11.7. The molecule has 102 valence electrons. The molecule has 0 saturated carbocycles. The monoisotopic (exact) mass is 270 g/mol. The van der Waals surface area contributed by atoms with Gasteiger partial charge in [0.25, 0.3) is 5.91 Å². The molecular weight excluding hydrogens is 248 g/mol. The van der Waals surface area contributed by atoms with Gasteiger partial charge in [-0.2, -0.15) is 4.37 Å². The number of carbonyl (C=O) groups excluding carboxylic acids is 1. The van der Waals surface area contributed by atoms with Gasteiger partial charge in [-0.15, -0.1) is 0 Å². The molecule has 1 unspecified atom stereocenters. The summed E-state index contributed by atoms with van der Waals surface area (Å²) in [6.45, 7) is 9.55. The molecule has 0 aromatic carbocycles. The topological polar surface area (TPSA) is 80.0 Å². The summed E-state index contributed by atoms with van der Waals surface area (Å²) in [6.07, 6.45) is 0. The van der Waals surface area contributed by atoms with Crippen molar-refractivity contribution in [3.05, 3.63) is 5.56 Å². The Labute approximate surface area is 112 Å². The van der Waals surface area contributed by atoms with E-state index in [4.69, 9.17) is 5.73 Å². The maximum atomic E-state index is 11.7. The molecule has 5 nitrogen and oxygen atoms in total. The molecule has 0 saturated heterocycles. The van der Waals surface area contributed by atoms with Crippen molar-refractivity contribution in [1.82, 2.24) is 9.69 Å². The van der Waals surface area contributed by atoms with E-state index in [1.165, 1.54) is 11.5 Å². The molecule has 0 bridgehead atoms. The van der Waals surface area contributed by atoms with Gasteiger partial charge in [0.15, 0.2) is 5.82 Å². The van der Waals surface area contributed by atoms with Crippen molar-refractivity contribution in [1.29, 1.82) is 0 Å². The number of anilines is 2. The van der Waals surface area contributed by atoms with E-state index < -0.39 is 0 Å². The second-order valence-corrected chi connectivity index (χ2v) is 6.27. The molecule has 6 heteroatoms. The molecule has 1 amide bonds. The third-order valence-electron chi connectivity index (χ3n) is 3.22. The molecule has 0 aliphatic carbocycles. The Morgan fingerprint density at radius 1 is 1.50 bits per heavy atom. The lowest BCUT2D eigenvalue weighted by Gasteiger charge is -2.27. The minimum absolute atomic E-state index is 0.202. The van der Waals surface area contributed by atoms with Gasteiger partial charge in [0.2, 0.25) is 0 Å². The fourth-order valence-electron chi connectivity index (χ4n) is 1.32. The molecule has 1 heterocycles. The van der Waals surface area contributed by atoms with Gasteiger partial charge in [-0.05, 0) is 22.9 Å². The highest BCUT2D eigenvalue weighted by molar-refractivity contribution is 7.11. The molecular formula is C12H22N4OS. The Hall–Kier alpha value is -1.30. The average molecular weight is 270 g/mol. The van der Waals surface area contributed by atoms with E-state index in [1.54, 1.807) is 7.05 Å². The lowest BCUT2D eigenvalue weighted by molar-refractivity contribution is 0.0965. The van der Waals surface area contributed by atoms with Crippen LogP contribution < -0.4 is 16.4 Å². The fraction of sp³-hybridized carbons (Fsp3) is 0.667. The van der Waals surface area contributed by atoms with E-state index in [1.807, 2.05) is 0 Å². The molecule has 0 spiro atoms. The minimum atomic E-state index is -0.202. The van der Waals surface area contributed by atoms with Crippen LogP contribution in [0.2, 0.25) is 0 Å². The van der Waals surface area contributed by atoms with Crippen molar-refractivity contribution < 1.29 is 4.79 Å². The van der Waals surface area contributed by atoms with Gasteiger partial charge in [-0.1, -0.05) is 27.7 Å². The normalized spacial score (nSPS) is 13.2. The first-order valence-electron chi connectivity index (χ1n) is 5.98. The summed E-state index contributed by atoms with van der Waals surface area (Å²) in [7, 11) is 1.58. The Balaban J connectivity index is 2.77. The van der Waals surface area contributed by atoms with E-state index >= 15 is 0 Å². The molecule has 4 N–H and O–H groups in total. The van der Waals surface area contributed by atoms with Crippen LogP contribution >= 0.6 is 11.5 Å². The maximum Gasteiger partial charge on any atom is 0.257 e. The highest BCUT2D eigenvalue weighted by Gasteiger charge is 2.22. The van der Waals surface area contributed by atoms with E-state index in [9.17, 15) is 4.79 Å². The lowest BCUT2D eigenvalue weighted by atomic mass is 9.82. The molecule has 1 rings (SSSR count). The van der Waals surface area contributed by atoms with E-state index in [0.717, 1.165) is 11.5 Å². The lowest BCUT2D eigenvalue weighted by Crippen LogP contribution is -2.26. The second-order valence-electron chi connectivity index (χ2n) is 5.50. The number of amides is 1. The predicted molar refractivity (Wildman–Crippen MR) is 77.0 cm³/mol. The molecule has 0 fully saturated rings. The van der Waals surface area contributed by atoms with E-state index in [2.05, 4.69) is 42.7 Å². The summed E-state index contributed by atoms with van der Waals surface area (Å²) >= 11 is 1.23. The Morgan fingerprint density at radius 2 is 2.11 bits per heavy atom. The number of hydrogen-bond donors (Lipinski definition) is 3. The van der Waals surface area contributed by atoms with Gasteiger partial charge in [0.05, 0.1) is 0 Å². The molecule has 0 aliphatic rings. The van der Waals surface area contributed by atoms with Crippen LogP contribution in [0.15, 0.2) is 0 Å². The average Bonchev–Trinajstić information content (AvgIpc) is 2.65. The number of hydrogen-bond acceptors (Lipinski definition) is 5. The highest BCUT2D eigenvalue weighted by Crippen LogP contribution is 2.29. The zero-order valence-electron chi connectivity index (χ0n) is 11.6.